The summed E-state index contributed by atoms with van der Waals surface area (Å²) in [6.07, 6.45) is 3.37. The number of nitrogens with zero attached hydrogens (tertiary/aromatic N) is 4. The van der Waals surface area contributed by atoms with Crippen LogP contribution in [-0.2, 0) is 6.54 Å². The van der Waals surface area contributed by atoms with Gasteiger partial charge in [-0.25, -0.2) is 0 Å². The van der Waals surface area contributed by atoms with Crippen molar-refractivity contribution in [2.75, 3.05) is 52.2 Å². The number of fused-ring (bicyclic) bond motifs is 2. The number of hydrogen-bond acceptors (Lipinski definition) is 7. The van der Waals surface area contributed by atoms with Crippen molar-refractivity contribution >= 4 is 47.2 Å². The molecule has 0 spiro atoms. The van der Waals surface area contributed by atoms with E-state index in [2.05, 4.69) is 20.5 Å². The first-order chi connectivity index (χ1) is 14.1. The summed E-state index contributed by atoms with van der Waals surface area (Å²) in [6, 6.07) is 5.76. The molecular formula is C21H28Cl2N6O2. The van der Waals surface area contributed by atoms with Gasteiger partial charge in [-0.3, -0.25) is 14.5 Å². The van der Waals surface area contributed by atoms with E-state index in [4.69, 9.17) is 10.2 Å². The number of carbonyl (C=O) groups excluding carboxylic acids is 1. The largest absolute Gasteiger partial charge is 0.395 e. The molecule has 1 aliphatic rings. The fourth-order valence-corrected chi connectivity index (χ4v) is 3.73. The maximum absolute atomic E-state index is 13.4. The van der Waals surface area contributed by atoms with Crippen LogP contribution in [0.25, 0.3) is 22.2 Å². The van der Waals surface area contributed by atoms with Gasteiger partial charge in [0.1, 0.15) is 5.69 Å². The molecule has 0 amide bonds. The third-order valence-electron chi connectivity index (χ3n) is 5.13. The minimum Gasteiger partial charge on any atom is -0.395 e. The Kier molecular flexibility index (Phi) is 8.79. The molecule has 8 nitrogen and oxygen atoms in total. The fourth-order valence-electron chi connectivity index (χ4n) is 3.73. The van der Waals surface area contributed by atoms with E-state index in [1.807, 2.05) is 30.9 Å². The summed E-state index contributed by atoms with van der Waals surface area (Å²) in [5.74, 6) is 0.00538. The number of likely N-dealkylation sites (N-methyl/N-ethyl adjacent to an activating group) is 1. The Morgan fingerprint density at radius 1 is 1.10 bits per heavy atom. The number of ketones is 1. The van der Waals surface area contributed by atoms with E-state index >= 15 is 0 Å². The molecule has 0 saturated carbocycles. The van der Waals surface area contributed by atoms with Crippen LogP contribution < -0.4 is 10.6 Å². The van der Waals surface area contributed by atoms with E-state index in [1.54, 1.807) is 18.5 Å². The Morgan fingerprint density at radius 3 is 2.65 bits per heavy atom. The maximum atomic E-state index is 13.4. The summed E-state index contributed by atoms with van der Waals surface area (Å²) in [4.78, 5) is 19.7. The monoisotopic (exact) mass is 466 g/mol. The van der Waals surface area contributed by atoms with Crippen molar-refractivity contribution in [3.63, 3.8) is 0 Å². The van der Waals surface area contributed by atoms with E-state index in [0.29, 0.717) is 30.8 Å². The summed E-state index contributed by atoms with van der Waals surface area (Å²) in [5, 5.41) is 21.3. The van der Waals surface area contributed by atoms with Gasteiger partial charge in [-0.1, -0.05) is 0 Å². The molecule has 31 heavy (non-hydrogen) atoms. The Hall–Kier alpha value is -2.23. The van der Waals surface area contributed by atoms with Gasteiger partial charge in [0.05, 0.1) is 24.2 Å². The highest BCUT2D eigenvalue weighted by molar-refractivity contribution is 6.27. The first kappa shape index (κ1) is 25.0. The van der Waals surface area contributed by atoms with Crippen LogP contribution in [0, 0.1) is 0 Å². The molecule has 3 aromatic rings. The molecule has 4 rings (SSSR count). The van der Waals surface area contributed by atoms with E-state index in [9.17, 15) is 4.79 Å². The highest BCUT2D eigenvalue weighted by atomic mass is 35.5. The number of hydrogen-bond donors (Lipinski definition) is 3. The first-order valence-corrected chi connectivity index (χ1v) is 9.84. The van der Waals surface area contributed by atoms with Crippen molar-refractivity contribution < 1.29 is 9.90 Å². The van der Waals surface area contributed by atoms with Crippen molar-refractivity contribution in [3.8, 4) is 11.3 Å². The van der Waals surface area contributed by atoms with E-state index in [-0.39, 0.29) is 37.2 Å². The lowest BCUT2D eigenvalue weighted by Crippen LogP contribution is -2.23. The smallest absolute Gasteiger partial charge is 0.196 e. The van der Waals surface area contributed by atoms with Gasteiger partial charge in [-0.05, 0) is 32.3 Å². The second-order valence-electron chi connectivity index (χ2n) is 7.41. The molecule has 1 aliphatic carbocycles. The Bertz CT molecular complexity index is 1050. The number of pyridine rings is 1. The minimum atomic E-state index is 0. The number of rotatable bonds is 9. The van der Waals surface area contributed by atoms with Crippen LogP contribution in [0.5, 0.6) is 0 Å². The number of benzene rings is 1. The van der Waals surface area contributed by atoms with Gasteiger partial charge < -0.3 is 20.6 Å². The third-order valence-corrected chi connectivity index (χ3v) is 5.13. The lowest BCUT2D eigenvalue weighted by atomic mass is 9.87. The van der Waals surface area contributed by atoms with Crippen LogP contribution in [-0.4, -0.2) is 77.4 Å². The average Bonchev–Trinajstić information content (AvgIpc) is 3.09. The Labute approximate surface area is 193 Å². The van der Waals surface area contributed by atoms with E-state index in [0.717, 1.165) is 40.9 Å². The van der Waals surface area contributed by atoms with Gasteiger partial charge in [0.2, 0.25) is 0 Å². The third kappa shape index (κ3) is 4.83. The number of nitrogens with one attached hydrogen (secondary N) is 2. The van der Waals surface area contributed by atoms with Crippen molar-refractivity contribution in [2.45, 2.75) is 6.54 Å². The molecule has 0 unspecified atom stereocenters. The van der Waals surface area contributed by atoms with Gasteiger partial charge in [0.15, 0.2) is 5.78 Å². The average molecular weight is 467 g/mol. The number of aromatic nitrogens is 3. The molecule has 10 heteroatoms. The Morgan fingerprint density at radius 2 is 1.90 bits per heavy atom. The van der Waals surface area contributed by atoms with Crippen LogP contribution in [0.1, 0.15) is 15.9 Å². The molecule has 168 valence electrons. The SMILES string of the molecule is CN(C)CCNc1ccc2c3c(nn2CCNCCO)-c2cnccc2C(=O)c13.Cl.Cl. The predicted molar refractivity (Wildman–Crippen MR) is 128 cm³/mol. The predicted octanol–water partition coefficient (Wildman–Crippen LogP) is 2.04. The molecule has 3 N–H and O–H groups in total. The van der Waals surface area contributed by atoms with Crippen LogP contribution in [0.4, 0.5) is 5.69 Å². The number of aliphatic hydroxyl groups excluding tert-OH is 1. The molecule has 0 saturated heterocycles. The quantitative estimate of drug-likeness (QED) is 0.325. The second-order valence-corrected chi connectivity index (χ2v) is 7.41. The molecular weight excluding hydrogens is 439 g/mol. The zero-order valence-corrected chi connectivity index (χ0v) is 19.2. The maximum Gasteiger partial charge on any atom is 0.196 e. The summed E-state index contributed by atoms with van der Waals surface area (Å²) in [7, 11) is 4.05. The standard InChI is InChI=1S/C21H26N6O2.2ClH/c1-26(2)10-8-24-16-3-4-17-19-18(16)21(29)14-5-6-23-13-15(14)20(19)25-27(17)11-7-22-9-12-28;;/h3-6,13,22,24,28H,7-12H2,1-2H3;2*1H. The topological polar surface area (TPSA) is 95.3 Å². The van der Waals surface area contributed by atoms with Crippen LogP contribution in [0.3, 0.4) is 0 Å². The first-order valence-electron chi connectivity index (χ1n) is 9.84. The van der Waals surface area contributed by atoms with Gasteiger partial charge in [0.25, 0.3) is 0 Å². The molecule has 0 fully saturated rings. The van der Waals surface area contributed by atoms with E-state index in [1.165, 1.54) is 0 Å². The zero-order valence-electron chi connectivity index (χ0n) is 17.6. The van der Waals surface area contributed by atoms with Crippen molar-refractivity contribution in [3.05, 3.63) is 41.7 Å². The number of anilines is 1. The molecule has 2 aromatic heterocycles. The summed E-state index contributed by atoms with van der Waals surface area (Å²) in [5.41, 5.74) is 4.68. The van der Waals surface area contributed by atoms with Gasteiger partial charge in [-0.15, -0.1) is 24.8 Å². The summed E-state index contributed by atoms with van der Waals surface area (Å²) < 4.78 is 1.93. The molecule has 0 radical (unpaired) electrons. The van der Waals surface area contributed by atoms with E-state index < -0.39 is 0 Å². The molecule has 1 aromatic carbocycles. The lowest BCUT2D eigenvalue weighted by molar-refractivity contribution is 0.104. The summed E-state index contributed by atoms with van der Waals surface area (Å²) >= 11 is 0. The van der Waals surface area contributed by atoms with Gasteiger partial charge in [0, 0.05) is 60.8 Å². The lowest BCUT2D eigenvalue weighted by Gasteiger charge is -2.19. The zero-order chi connectivity index (χ0) is 20.4. The highest BCUT2D eigenvalue weighted by Gasteiger charge is 2.31. The molecule has 0 atom stereocenters. The highest BCUT2D eigenvalue weighted by Crippen LogP contribution is 2.41. The van der Waals surface area contributed by atoms with Crippen molar-refractivity contribution in [1.29, 1.82) is 0 Å². The summed E-state index contributed by atoms with van der Waals surface area (Å²) in [6.45, 7) is 3.59. The van der Waals surface area contributed by atoms with Crippen LogP contribution in [0.15, 0.2) is 30.6 Å². The molecule has 0 bridgehead atoms. The van der Waals surface area contributed by atoms with Crippen LogP contribution in [0.2, 0.25) is 0 Å². The second kappa shape index (κ2) is 10.9. The van der Waals surface area contributed by atoms with Gasteiger partial charge >= 0.3 is 0 Å². The van der Waals surface area contributed by atoms with Gasteiger partial charge in [-0.2, -0.15) is 5.10 Å². The number of carbonyl (C=O) groups is 1. The number of aliphatic hydroxyl groups is 1. The number of halogens is 2. The fraction of sp³-hybridized carbons (Fsp3) is 0.381. The molecule has 0 aliphatic heterocycles. The van der Waals surface area contributed by atoms with Crippen molar-refractivity contribution in [2.24, 2.45) is 0 Å². The molecule has 2 heterocycles. The normalized spacial score (nSPS) is 11.8. The minimum absolute atomic E-state index is 0. The Balaban J connectivity index is 0.00000171. The van der Waals surface area contributed by atoms with Crippen molar-refractivity contribution in [1.82, 2.24) is 25.0 Å². The van der Waals surface area contributed by atoms with Crippen LogP contribution >= 0.6 is 24.8 Å².